The molecule has 4 aromatic carbocycles. The Morgan fingerprint density at radius 2 is 1.13 bits per heavy atom. The number of likely N-dealkylation sites (N-methyl/N-ethyl adjacent to an activating group) is 1. The van der Waals surface area contributed by atoms with Crippen LogP contribution in [-0.4, -0.2) is 44.6 Å². The Labute approximate surface area is 275 Å². The third-order valence-electron chi connectivity index (χ3n) is 6.95. The van der Waals surface area contributed by atoms with Crippen LogP contribution in [0.25, 0.3) is 33.2 Å². The number of nitrogens with zero attached hydrogens (tertiary/aromatic N) is 5. The van der Waals surface area contributed by atoms with Crippen molar-refractivity contribution in [3.8, 4) is 11.4 Å². The smallest absolute Gasteiger partial charge is 0.265 e. The van der Waals surface area contributed by atoms with Crippen LogP contribution < -0.4 is 11.1 Å². The molecule has 0 spiro atoms. The van der Waals surface area contributed by atoms with E-state index < -0.39 is 0 Å². The third-order valence-corrected chi connectivity index (χ3v) is 7.36. The molecule has 6 aromatic rings. The van der Waals surface area contributed by atoms with Crippen molar-refractivity contribution in [1.29, 1.82) is 0 Å². The molecule has 0 saturated heterocycles. The minimum Gasteiger partial charge on any atom is -0.309 e. The molecule has 1 atom stereocenters. The molecule has 46 heavy (non-hydrogen) atoms. The minimum atomic E-state index is -0.339. The minimum absolute atomic E-state index is 0. The summed E-state index contributed by atoms with van der Waals surface area (Å²) in [7, 11) is 3.95. The Balaban J connectivity index is 0.000000241. The summed E-state index contributed by atoms with van der Waals surface area (Å²) in [6.45, 7) is 2.67. The Hall–Kier alpha value is -4.54. The zero-order valence-electron chi connectivity index (χ0n) is 24.4. The summed E-state index contributed by atoms with van der Waals surface area (Å²) in [5, 5.41) is 1.10. The molecule has 2 aromatic heterocycles. The number of alkyl halides is 1. The van der Waals surface area contributed by atoms with Gasteiger partial charge >= 0.3 is 0 Å². The summed E-state index contributed by atoms with van der Waals surface area (Å²) >= 11 is 3.47. The van der Waals surface area contributed by atoms with Gasteiger partial charge in [-0.05, 0) is 93.8 Å². The summed E-state index contributed by atoms with van der Waals surface area (Å²) in [4.78, 5) is 36.8. The average Bonchev–Trinajstić information content (AvgIpc) is 3.01. The van der Waals surface area contributed by atoms with Gasteiger partial charge < -0.3 is 4.90 Å². The fraction of sp³-hybridized carbons (Fsp3) is 0.222. The quantitative estimate of drug-likeness (QED) is 0.166. The molecule has 0 aliphatic rings. The van der Waals surface area contributed by atoms with Gasteiger partial charge in [-0.15, -0.1) is 0 Å². The predicted molar refractivity (Wildman–Crippen MR) is 188 cm³/mol. The number of benzene rings is 4. The second-order valence-corrected chi connectivity index (χ2v) is 11.8. The Morgan fingerprint density at radius 1 is 0.696 bits per heavy atom. The van der Waals surface area contributed by atoms with E-state index in [1.165, 1.54) is 28.8 Å². The van der Waals surface area contributed by atoms with Crippen LogP contribution in [0.5, 0.6) is 0 Å². The molecule has 7 nitrogen and oxygen atoms in total. The van der Waals surface area contributed by atoms with Crippen LogP contribution in [0.15, 0.2) is 107 Å². The molecule has 0 aliphatic carbocycles. The molecular weight excluding hydrogens is 652 g/mol. The molecule has 2 heterocycles. The van der Waals surface area contributed by atoms with Crippen molar-refractivity contribution in [3.05, 3.63) is 141 Å². The predicted octanol–water partition coefficient (Wildman–Crippen LogP) is 7.88. The third kappa shape index (κ3) is 7.81. The molecule has 0 amide bonds. The molecule has 0 aliphatic heterocycles. The van der Waals surface area contributed by atoms with Gasteiger partial charge in [-0.1, -0.05) is 55.0 Å². The molecule has 10 heteroatoms. The SMILES string of the molecule is C.C.CC(Br)c1nc2ccccc2c(=O)n1-c1ccc(F)cc1.CN(C)CCc1nc2ccccc2c(=O)n1-c1ccc(F)cc1. The zero-order valence-corrected chi connectivity index (χ0v) is 26.0. The molecule has 0 fully saturated rings. The summed E-state index contributed by atoms with van der Waals surface area (Å²) in [5.74, 6) is 0.596. The van der Waals surface area contributed by atoms with Gasteiger partial charge in [-0.25, -0.2) is 18.7 Å². The fourth-order valence-electron chi connectivity index (χ4n) is 4.78. The Morgan fingerprint density at radius 3 is 1.61 bits per heavy atom. The number of hydrogen-bond acceptors (Lipinski definition) is 5. The lowest BCUT2D eigenvalue weighted by Crippen LogP contribution is -2.26. The van der Waals surface area contributed by atoms with Crippen LogP contribution in [0, 0.1) is 11.6 Å². The highest BCUT2D eigenvalue weighted by atomic mass is 79.9. The van der Waals surface area contributed by atoms with Crippen molar-refractivity contribution in [2.45, 2.75) is 33.0 Å². The van der Waals surface area contributed by atoms with Crippen LogP contribution >= 0.6 is 15.9 Å². The number of halogens is 3. The first kappa shape index (κ1) is 35.9. The Bertz CT molecular complexity index is 2040. The van der Waals surface area contributed by atoms with Gasteiger partial charge in [0.2, 0.25) is 0 Å². The lowest BCUT2D eigenvalue weighted by atomic mass is 10.2. The summed E-state index contributed by atoms with van der Waals surface area (Å²) < 4.78 is 29.4. The van der Waals surface area contributed by atoms with Gasteiger partial charge in [0.15, 0.2) is 0 Å². The van der Waals surface area contributed by atoms with E-state index in [0.29, 0.717) is 51.3 Å². The first-order valence-electron chi connectivity index (χ1n) is 14.0. The van der Waals surface area contributed by atoms with E-state index >= 15 is 0 Å². The first-order chi connectivity index (χ1) is 21.1. The number of fused-ring (bicyclic) bond motifs is 2. The van der Waals surface area contributed by atoms with E-state index in [9.17, 15) is 18.4 Å². The average molecular weight is 691 g/mol. The van der Waals surface area contributed by atoms with Crippen LogP contribution in [0.1, 0.15) is 38.3 Å². The maximum atomic E-state index is 13.2. The second-order valence-electron chi connectivity index (χ2n) is 10.4. The van der Waals surface area contributed by atoms with Crippen LogP contribution in [0.2, 0.25) is 0 Å². The topological polar surface area (TPSA) is 73.0 Å². The summed E-state index contributed by atoms with van der Waals surface area (Å²) in [5.41, 5.74) is 2.28. The summed E-state index contributed by atoms with van der Waals surface area (Å²) in [6.07, 6.45) is 0.629. The lowest BCUT2D eigenvalue weighted by molar-refractivity contribution is 0.408. The second kappa shape index (κ2) is 15.6. The molecule has 0 radical (unpaired) electrons. The van der Waals surface area contributed by atoms with Gasteiger partial charge in [-0.3, -0.25) is 18.7 Å². The van der Waals surface area contributed by atoms with Crippen molar-refractivity contribution < 1.29 is 8.78 Å². The molecule has 1 unspecified atom stereocenters. The fourth-order valence-corrected chi connectivity index (χ4v) is 5.09. The van der Waals surface area contributed by atoms with Gasteiger partial charge in [0, 0.05) is 13.0 Å². The van der Waals surface area contributed by atoms with Crippen molar-refractivity contribution in [2.24, 2.45) is 0 Å². The van der Waals surface area contributed by atoms with E-state index in [2.05, 4.69) is 25.9 Å². The maximum Gasteiger partial charge on any atom is 0.265 e. The molecule has 0 bridgehead atoms. The van der Waals surface area contributed by atoms with Crippen molar-refractivity contribution >= 4 is 37.7 Å². The molecule has 6 rings (SSSR count). The molecule has 0 saturated carbocycles. The zero-order chi connectivity index (χ0) is 31.4. The number of hydrogen-bond donors (Lipinski definition) is 0. The molecule has 240 valence electrons. The first-order valence-corrected chi connectivity index (χ1v) is 14.9. The Kier molecular flexibility index (Phi) is 12.2. The highest BCUT2D eigenvalue weighted by molar-refractivity contribution is 9.09. The normalized spacial score (nSPS) is 11.4. The van der Waals surface area contributed by atoms with E-state index in [1.807, 2.05) is 56.3 Å². The van der Waals surface area contributed by atoms with Crippen LogP contribution in [0.4, 0.5) is 8.78 Å². The van der Waals surface area contributed by atoms with Crippen LogP contribution in [0.3, 0.4) is 0 Å². The molecular formula is C36H38BrF2N5O2. The molecule has 0 N–H and O–H groups in total. The highest BCUT2D eigenvalue weighted by Gasteiger charge is 2.16. The highest BCUT2D eigenvalue weighted by Crippen LogP contribution is 2.23. The summed E-state index contributed by atoms with van der Waals surface area (Å²) in [6, 6.07) is 26.2. The largest absolute Gasteiger partial charge is 0.309 e. The van der Waals surface area contributed by atoms with E-state index in [-0.39, 0.29) is 42.4 Å². The maximum absolute atomic E-state index is 13.2. The number of rotatable bonds is 6. The van der Waals surface area contributed by atoms with Gasteiger partial charge in [0.1, 0.15) is 23.3 Å². The van der Waals surface area contributed by atoms with E-state index in [4.69, 9.17) is 0 Å². The van der Waals surface area contributed by atoms with Crippen molar-refractivity contribution in [2.75, 3.05) is 20.6 Å². The lowest BCUT2D eigenvalue weighted by Gasteiger charge is -2.15. The standard InChI is InChI=1S/C18H18FN3O.C16H12BrFN2O.2CH4/c1-21(2)12-11-17-20-16-6-4-3-5-15(16)18(23)22(17)14-9-7-13(19)8-10-14;1-10(17)15-19-14-5-3-2-4-13(14)16(21)20(15)12-8-6-11(18)7-9-12;;/h3-10H,11-12H2,1-2H3;2-10H,1H3;2*1H4. The van der Waals surface area contributed by atoms with Gasteiger partial charge in [-0.2, -0.15) is 0 Å². The number of aromatic nitrogens is 4. The van der Waals surface area contributed by atoms with Crippen molar-refractivity contribution in [3.63, 3.8) is 0 Å². The van der Waals surface area contributed by atoms with E-state index in [0.717, 1.165) is 6.54 Å². The van der Waals surface area contributed by atoms with Gasteiger partial charge in [0.05, 0.1) is 38.0 Å². The van der Waals surface area contributed by atoms with Gasteiger partial charge in [0.25, 0.3) is 11.1 Å². The monoisotopic (exact) mass is 689 g/mol. The van der Waals surface area contributed by atoms with Crippen molar-refractivity contribution in [1.82, 2.24) is 24.0 Å². The van der Waals surface area contributed by atoms with Crippen LogP contribution in [-0.2, 0) is 6.42 Å². The number of para-hydroxylation sites is 2. The van der Waals surface area contributed by atoms with E-state index in [1.54, 1.807) is 47.0 Å².